The standard InChI is InChI=1S/C24H40N2O3/c1-5-17-29-24(4,19-20(2)3)23(27)25-21-10-12-22(13-11-21)28-18-16-26-14-8-6-7-9-15-26/h10-13,20H,5-9,14-19H2,1-4H3,(H,25,27). The minimum absolute atomic E-state index is 0.0884. The molecule has 0 bridgehead atoms. The predicted molar refractivity (Wildman–Crippen MR) is 120 cm³/mol. The summed E-state index contributed by atoms with van der Waals surface area (Å²) in [5, 5.41) is 3.01. The van der Waals surface area contributed by atoms with Gasteiger partial charge in [-0.15, -0.1) is 0 Å². The number of nitrogens with one attached hydrogen (secondary N) is 1. The van der Waals surface area contributed by atoms with Gasteiger partial charge in [-0.1, -0.05) is 33.6 Å². The van der Waals surface area contributed by atoms with Gasteiger partial charge in [-0.05, 0) is 75.9 Å². The van der Waals surface area contributed by atoms with E-state index in [1.54, 1.807) is 0 Å². The Bertz CT molecular complexity index is 595. The fraction of sp³-hybridized carbons (Fsp3) is 0.708. The molecule has 5 heteroatoms. The molecule has 0 radical (unpaired) electrons. The van der Waals surface area contributed by atoms with Crippen LogP contribution < -0.4 is 10.1 Å². The lowest BCUT2D eigenvalue weighted by Gasteiger charge is -2.30. The molecule has 1 aromatic rings. The van der Waals surface area contributed by atoms with Crippen LogP contribution in [0.2, 0.25) is 0 Å². The molecule has 2 rings (SSSR count). The minimum Gasteiger partial charge on any atom is -0.492 e. The smallest absolute Gasteiger partial charge is 0.256 e. The number of benzene rings is 1. The van der Waals surface area contributed by atoms with Crippen molar-refractivity contribution < 1.29 is 14.3 Å². The van der Waals surface area contributed by atoms with Crippen LogP contribution in [0.25, 0.3) is 0 Å². The average Bonchev–Trinajstić information content (AvgIpc) is 2.96. The predicted octanol–water partition coefficient (Wildman–Crippen LogP) is 5.11. The van der Waals surface area contributed by atoms with Crippen molar-refractivity contribution in [1.29, 1.82) is 0 Å². The van der Waals surface area contributed by atoms with Crippen molar-refractivity contribution in [2.75, 3.05) is 38.2 Å². The molecule has 0 aromatic heterocycles. The monoisotopic (exact) mass is 404 g/mol. The van der Waals surface area contributed by atoms with Crippen molar-refractivity contribution in [2.24, 2.45) is 5.92 Å². The van der Waals surface area contributed by atoms with E-state index in [2.05, 4.69) is 31.0 Å². The molecule has 1 heterocycles. The number of rotatable bonds is 11. The molecule has 1 fully saturated rings. The molecule has 1 saturated heterocycles. The normalized spacial score (nSPS) is 17.6. The number of carbonyl (C=O) groups excluding carboxylic acids is 1. The van der Waals surface area contributed by atoms with Crippen LogP contribution in [-0.2, 0) is 9.53 Å². The summed E-state index contributed by atoms with van der Waals surface area (Å²) in [4.78, 5) is 15.4. The summed E-state index contributed by atoms with van der Waals surface area (Å²) in [5.74, 6) is 1.13. The molecule has 1 aromatic carbocycles. The third kappa shape index (κ3) is 8.35. The molecule has 5 nitrogen and oxygen atoms in total. The maximum absolute atomic E-state index is 12.9. The van der Waals surface area contributed by atoms with Gasteiger partial charge in [-0.3, -0.25) is 9.69 Å². The minimum atomic E-state index is -0.813. The zero-order valence-electron chi connectivity index (χ0n) is 18.8. The van der Waals surface area contributed by atoms with Crippen molar-refractivity contribution in [3.05, 3.63) is 24.3 Å². The number of anilines is 1. The SMILES string of the molecule is CCCOC(C)(CC(C)C)C(=O)Nc1ccc(OCCN2CCCCCC2)cc1. The van der Waals surface area contributed by atoms with E-state index in [0.717, 1.165) is 24.4 Å². The first-order valence-electron chi connectivity index (χ1n) is 11.3. The first-order valence-corrected chi connectivity index (χ1v) is 11.3. The van der Waals surface area contributed by atoms with Gasteiger partial charge in [-0.2, -0.15) is 0 Å². The van der Waals surface area contributed by atoms with Crippen LogP contribution >= 0.6 is 0 Å². The summed E-state index contributed by atoms with van der Waals surface area (Å²) in [7, 11) is 0. The van der Waals surface area contributed by atoms with Crippen LogP contribution in [0.5, 0.6) is 5.75 Å². The zero-order valence-corrected chi connectivity index (χ0v) is 18.8. The molecule has 0 spiro atoms. The highest BCUT2D eigenvalue weighted by Crippen LogP contribution is 2.24. The Balaban J connectivity index is 1.84. The van der Waals surface area contributed by atoms with E-state index in [1.807, 2.05) is 31.2 Å². The third-order valence-electron chi connectivity index (χ3n) is 5.39. The molecule has 1 amide bonds. The van der Waals surface area contributed by atoms with E-state index in [-0.39, 0.29) is 5.91 Å². The summed E-state index contributed by atoms with van der Waals surface area (Å²) in [5.41, 5.74) is -0.0445. The second-order valence-electron chi connectivity index (χ2n) is 8.76. The van der Waals surface area contributed by atoms with E-state index in [0.29, 0.717) is 25.6 Å². The largest absolute Gasteiger partial charge is 0.492 e. The molecular weight excluding hydrogens is 364 g/mol. The van der Waals surface area contributed by atoms with Crippen LogP contribution in [0, 0.1) is 5.92 Å². The molecule has 29 heavy (non-hydrogen) atoms. The van der Waals surface area contributed by atoms with E-state index in [9.17, 15) is 4.79 Å². The van der Waals surface area contributed by atoms with Crippen molar-refractivity contribution in [3.8, 4) is 5.75 Å². The summed E-state index contributed by atoms with van der Waals surface area (Å²) < 4.78 is 11.8. The number of hydrogen-bond donors (Lipinski definition) is 1. The van der Waals surface area contributed by atoms with Crippen LogP contribution in [0.1, 0.15) is 66.2 Å². The zero-order chi connectivity index (χ0) is 21.1. The number of hydrogen-bond acceptors (Lipinski definition) is 4. The highest BCUT2D eigenvalue weighted by molar-refractivity contribution is 5.97. The van der Waals surface area contributed by atoms with E-state index >= 15 is 0 Å². The number of likely N-dealkylation sites (tertiary alicyclic amines) is 1. The second kappa shape index (κ2) is 12.2. The van der Waals surface area contributed by atoms with Gasteiger partial charge in [-0.25, -0.2) is 0 Å². The molecule has 0 saturated carbocycles. The lowest BCUT2D eigenvalue weighted by molar-refractivity contribution is -0.141. The van der Waals surface area contributed by atoms with Crippen molar-refractivity contribution in [3.63, 3.8) is 0 Å². The maximum Gasteiger partial charge on any atom is 0.256 e. The number of ether oxygens (including phenoxy) is 2. The van der Waals surface area contributed by atoms with Gasteiger partial charge in [0.25, 0.3) is 5.91 Å². The van der Waals surface area contributed by atoms with Crippen molar-refractivity contribution in [2.45, 2.75) is 71.8 Å². The Labute approximate surface area is 177 Å². The van der Waals surface area contributed by atoms with Crippen LogP contribution in [-0.4, -0.2) is 49.3 Å². The fourth-order valence-corrected chi connectivity index (χ4v) is 3.87. The molecule has 1 aliphatic heterocycles. The first-order chi connectivity index (χ1) is 13.9. The van der Waals surface area contributed by atoms with Crippen LogP contribution in [0.15, 0.2) is 24.3 Å². The number of carbonyl (C=O) groups is 1. The number of amides is 1. The Morgan fingerprint density at radius 3 is 2.34 bits per heavy atom. The van der Waals surface area contributed by atoms with Crippen LogP contribution in [0.4, 0.5) is 5.69 Å². The Morgan fingerprint density at radius 2 is 1.76 bits per heavy atom. The van der Waals surface area contributed by atoms with E-state index < -0.39 is 5.60 Å². The van der Waals surface area contributed by atoms with Gasteiger partial charge >= 0.3 is 0 Å². The van der Waals surface area contributed by atoms with Crippen molar-refractivity contribution in [1.82, 2.24) is 4.90 Å². The van der Waals surface area contributed by atoms with Gasteiger partial charge < -0.3 is 14.8 Å². The Hall–Kier alpha value is -1.59. The maximum atomic E-state index is 12.9. The van der Waals surface area contributed by atoms with Gasteiger partial charge in [0.05, 0.1) is 0 Å². The third-order valence-corrected chi connectivity index (χ3v) is 5.39. The summed E-state index contributed by atoms with van der Waals surface area (Å²) >= 11 is 0. The molecule has 164 valence electrons. The van der Waals surface area contributed by atoms with Gasteiger partial charge in [0.1, 0.15) is 18.0 Å². The Kier molecular flexibility index (Phi) is 9.95. The highest BCUT2D eigenvalue weighted by atomic mass is 16.5. The molecule has 1 N–H and O–H groups in total. The van der Waals surface area contributed by atoms with Crippen molar-refractivity contribution >= 4 is 11.6 Å². The topological polar surface area (TPSA) is 50.8 Å². The van der Waals surface area contributed by atoms with Gasteiger partial charge in [0.2, 0.25) is 0 Å². The first kappa shape index (κ1) is 23.7. The lowest BCUT2D eigenvalue weighted by Crippen LogP contribution is -2.44. The molecule has 1 atom stereocenters. The highest BCUT2D eigenvalue weighted by Gasteiger charge is 2.34. The quantitative estimate of drug-likeness (QED) is 0.557. The fourth-order valence-electron chi connectivity index (χ4n) is 3.87. The molecule has 1 aliphatic rings. The van der Waals surface area contributed by atoms with E-state index in [1.165, 1.54) is 38.8 Å². The summed E-state index contributed by atoms with van der Waals surface area (Å²) in [6.45, 7) is 12.8. The van der Waals surface area contributed by atoms with Gasteiger partial charge in [0, 0.05) is 18.8 Å². The molecule has 0 aliphatic carbocycles. The Morgan fingerprint density at radius 1 is 1.10 bits per heavy atom. The van der Waals surface area contributed by atoms with E-state index in [4.69, 9.17) is 9.47 Å². The lowest BCUT2D eigenvalue weighted by atomic mass is 9.93. The second-order valence-corrected chi connectivity index (χ2v) is 8.76. The van der Waals surface area contributed by atoms with Crippen LogP contribution in [0.3, 0.4) is 0 Å². The summed E-state index contributed by atoms with van der Waals surface area (Å²) in [6, 6.07) is 7.64. The summed E-state index contributed by atoms with van der Waals surface area (Å²) in [6.07, 6.45) is 6.88. The average molecular weight is 405 g/mol. The number of nitrogens with zero attached hydrogens (tertiary/aromatic N) is 1. The molecular formula is C24H40N2O3. The van der Waals surface area contributed by atoms with Gasteiger partial charge in [0.15, 0.2) is 0 Å². The molecule has 1 unspecified atom stereocenters.